The Labute approximate surface area is 248 Å². The molecule has 1 fully saturated rings. The van der Waals surface area contributed by atoms with E-state index in [1.165, 1.54) is 4.90 Å². The van der Waals surface area contributed by atoms with Crippen molar-refractivity contribution in [1.82, 2.24) is 4.98 Å². The fourth-order valence-electron chi connectivity index (χ4n) is 6.23. The number of anilines is 1. The second-order valence-corrected chi connectivity index (χ2v) is 11.4. The maximum absolute atomic E-state index is 13.6. The van der Waals surface area contributed by atoms with Crippen LogP contribution in [-0.2, 0) is 9.59 Å². The van der Waals surface area contributed by atoms with Gasteiger partial charge in [0.1, 0.15) is 5.75 Å². The molecule has 1 aliphatic carbocycles. The average molecular weight is 618 g/mol. The zero-order valence-electron chi connectivity index (χ0n) is 22.8. The summed E-state index contributed by atoms with van der Waals surface area (Å²) >= 11 is 3.46. The van der Waals surface area contributed by atoms with Crippen LogP contribution >= 0.6 is 15.9 Å². The van der Waals surface area contributed by atoms with Gasteiger partial charge in [-0.1, -0.05) is 52.7 Å². The fraction of sp³-hybridized carbons (Fsp3) is 0.303. The number of phenols is 1. The molecule has 0 radical (unpaired) electrons. The van der Waals surface area contributed by atoms with Crippen molar-refractivity contribution in [1.29, 1.82) is 0 Å². The first kappa shape index (κ1) is 28.9. The van der Waals surface area contributed by atoms with Crippen molar-refractivity contribution in [2.24, 2.45) is 17.8 Å². The number of hydrogen-bond donors (Lipinski definition) is 3. The highest BCUT2D eigenvalue weighted by Crippen LogP contribution is 2.48. The Balaban J connectivity index is 1.44. The van der Waals surface area contributed by atoms with Crippen LogP contribution in [0, 0.1) is 17.8 Å². The minimum Gasteiger partial charge on any atom is -0.507 e. The number of pyridine rings is 1. The summed E-state index contributed by atoms with van der Waals surface area (Å²) in [5.74, 6) is -2.39. The number of rotatable bonds is 9. The first-order chi connectivity index (χ1) is 19.8. The number of benzene rings is 2. The van der Waals surface area contributed by atoms with Crippen LogP contribution in [0.5, 0.6) is 5.75 Å². The normalized spacial score (nSPS) is 21.8. The van der Waals surface area contributed by atoms with Crippen LogP contribution in [0.4, 0.5) is 5.69 Å². The van der Waals surface area contributed by atoms with E-state index in [0.717, 1.165) is 21.3 Å². The molecule has 0 bridgehead atoms. The minimum absolute atomic E-state index is 0.129. The number of aromatic nitrogens is 1. The molecule has 2 aromatic carbocycles. The molecule has 1 aliphatic heterocycles. The van der Waals surface area contributed by atoms with E-state index in [1.54, 1.807) is 42.6 Å². The number of imide groups is 1. The Bertz CT molecular complexity index is 1490. The highest BCUT2D eigenvalue weighted by molar-refractivity contribution is 9.10. The Morgan fingerprint density at radius 2 is 1.85 bits per heavy atom. The number of amides is 2. The smallest absolute Gasteiger partial charge is 0.238 e. The molecule has 41 heavy (non-hydrogen) atoms. The number of para-hydroxylation sites is 1. The second-order valence-electron chi connectivity index (χ2n) is 10.5. The van der Waals surface area contributed by atoms with E-state index in [2.05, 4.69) is 20.9 Å². The molecule has 2 amide bonds. The van der Waals surface area contributed by atoms with Gasteiger partial charge in [-0.05, 0) is 85.4 Å². The third kappa shape index (κ3) is 5.77. The van der Waals surface area contributed by atoms with Crippen LogP contribution in [0.3, 0.4) is 0 Å². The number of fused-ring (bicyclic) bond motifs is 1. The molecule has 3 N–H and O–H groups in total. The van der Waals surface area contributed by atoms with Crippen molar-refractivity contribution in [3.8, 4) is 5.75 Å². The number of nitrogens with zero attached hydrogens (tertiary/aromatic N) is 2. The molecule has 2 aliphatic rings. The van der Waals surface area contributed by atoms with Gasteiger partial charge in [-0.25, -0.2) is 0 Å². The minimum atomic E-state index is -0.931. The highest BCUT2D eigenvalue weighted by Gasteiger charge is 2.55. The Kier molecular flexibility index (Phi) is 8.82. The standard InChI is InChI=1S/C33H33BrN2O5/c1-2-20-18-25-31(33(41)36(32(25)40)24-8-4-3-5-9-24)26(19-37)30(20)29(39)13-11-21(27-10-6-7-15-35-27)16-22-17-23(34)12-14-28(22)38/h3-10,12,14-17,25-26,29,31,37-39H,2,11,13,18-19H2,1H3/b21-16-/t25-,26+,29-,31-/m1/s1. The van der Waals surface area contributed by atoms with Gasteiger partial charge in [-0.15, -0.1) is 0 Å². The first-order valence-electron chi connectivity index (χ1n) is 13.9. The Morgan fingerprint density at radius 1 is 1.10 bits per heavy atom. The van der Waals surface area contributed by atoms with Gasteiger partial charge in [0.2, 0.25) is 11.8 Å². The van der Waals surface area contributed by atoms with Crippen LogP contribution in [0.25, 0.3) is 11.6 Å². The van der Waals surface area contributed by atoms with Crippen LogP contribution in [0.15, 0.2) is 88.5 Å². The molecule has 5 rings (SSSR count). The summed E-state index contributed by atoms with van der Waals surface area (Å²) in [5.41, 5.74) is 4.27. The Hall–Kier alpha value is -3.59. The summed E-state index contributed by atoms with van der Waals surface area (Å²) in [6, 6.07) is 19.7. The van der Waals surface area contributed by atoms with E-state index in [-0.39, 0.29) is 24.2 Å². The van der Waals surface area contributed by atoms with Gasteiger partial charge >= 0.3 is 0 Å². The maximum atomic E-state index is 13.6. The number of carbonyl (C=O) groups is 2. The molecule has 8 heteroatoms. The van der Waals surface area contributed by atoms with Gasteiger partial charge in [-0.3, -0.25) is 19.5 Å². The number of phenolic OH excluding ortho intramolecular Hbond substituents is 1. The average Bonchev–Trinajstić information content (AvgIpc) is 3.25. The molecular weight excluding hydrogens is 584 g/mol. The number of allylic oxidation sites excluding steroid dienone is 2. The summed E-state index contributed by atoms with van der Waals surface area (Å²) in [5, 5.41) is 32.6. The summed E-state index contributed by atoms with van der Waals surface area (Å²) < 4.78 is 0.822. The summed E-state index contributed by atoms with van der Waals surface area (Å²) in [7, 11) is 0. The molecule has 1 saturated heterocycles. The molecule has 4 atom stereocenters. The number of aliphatic hydroxyl groups excluding tert-OH is 2. The highest BCUT2D eigenvalue weighted by atomic mass is 79.9. The van der Waals surface area contributed by atoms with E-state index in [9.17, 15) is 24.9 Å². The van der Waals surface area contributed by atoms with Gasteiger partial charge < -0.3 is 15.3 Å². The molecule has 212 valence electrons. The van der Waals surface area contributed by atoms with Crippen molar-refractivity contribution < 1.29 is 24.9 Å². The van der Waals surface area contributed by atoms with Crippen molar-refractivity contribution >= 4 is 45.1 Å². The molecule has 0 unspecified atom stereocenters. The third-order valence-corrected chi connectivity index (χ3v) is 8.67. The first-order valence-corrected chi connectivity index (χ1v) is 14.7. The SMILES string of the molecule is CCC1=C([C@H](O)CC/C(=C/c2cc(Br)ccc2O)c2ccccn2)[C@H](CO)[C@@H]2C(=O)N(c3ccccc3)C(=O)[C@@H]2C1. The summed E-state index contributed by atoms with van der Waals surface area (Å²) in [4.78, 5) is 32.8. The van der Waals surface area contributed by atoms with Crippen molar-refractivity contribution in [3.63, 3.8) is 0 Å². The van der Waals surface area contributed by atoms with E-state index in [4.69, 9.17) is 0 Å². The summed E-state index contributed by atoms with van der Waals surface area (Å²) in [6.45, 7) is 1.63. The molecular formula is C33H33BrN2O5. The largest absolute Gasteiger partial charge is 0.507 e. The van der Waals surface area contributed by atoms with Gasteiger partial charge in [0, 0.05) is 22.2 Å². The van der Waals surface area contributed by atoms with Gasteiger partial charge in [0.05, 0.1) is 35.9 Å². The third-order valence-electron chi connectivity index (χ3n) is 8.18. The van der Waals surface area contributed by atoms with Crippen molar-refractivity contribution in [2.45, 2.75) is 38.7 Å². The molecule has 1 aromatic heterocycles. The predicted molar refractivity (Wildman–Crippen MR) is 162 cm³/mol. The van der Waals surface area contributed by atoms with Crippen LogP contribution in [-0.4, -0.2) is 44.8 Å². The predicted octanol–water partition coefficient (Wildman–Crippen LogP) is 5.76. The van der Waals surface area contributed by atoms with E-state index < -0.39 is 23.9 Å². The number of hydrogen-bond acceptors (Lipinski definition) is 6. The van der Waals surface area contributed by atoms with Crippen LogP contribution < -0.4 is 4.90 Å². The lowest BCUT2D eigenvalue weighted by Gasteiger charge is -2.36. The maximum Gasteiger partial charge on any atom is 0.238 e. The lowest BCUT2D eigenvalue weighted by molar-refractivity contribution is -0.123. The van der Waals surface area contributed by atoms with Crippen LogP contribution in [0.2, 0.25) is 0 Å². The van der Waals surface area contributed by atoms with E-state index in [0.29, 0.717) is 42.5 Å². The van der Waals surface area contributed by atoms with Gasteiger partial charge in [0.15, 0.2) is 0 Å². The van der Waals surface area contributed by atoms with Crippen LogP contribution in [0.1, 0.15) is 43.9 Å². The topological polar surface area (TPSA) is 111 Å². The number of aromatic hydroxyl groups is 1. The lowest BCUT2D eigenvalue weighted by Crippen LogP contribution is -2.39. The number of aliphatic hydroxyl groups is 2. The monoisotopic (exact) mass is 616 g/mol. The quantitative estimate of drug-likeness (QED) is 0.208. The number of halogens is 1. The molecule has 2 heterocycles. The summed E-state index contributed by atoms with van der Waals surface area (Å²) in [6.07, 6.45) is 4.36. The molecule has 0 saturated carbocycles. The van der Waals surface area contributed by atoms with Gasteiger partial charge in [-0.2, -0.15) is 0 Å². The zero-order valence-corrected chi connectivity index (χ0v) is 24.4. The second kappa shape index (κ2) is 12.5. The molecule has 0 spiro atoms. The zero-order chi connectivity index (χ0) is 29.1. The fourth-order valence-corrected chi connectivity index (χ4v) is 6.61. The van der Waals surface area contributed by atoms with E-state index >= 15 is 0 Å². The van der Waals surface area contributed by atoms with Crippen molar-refractivity contribution in [3.05, 3.63) is 99.8 Å². The Morgan fingerprint density at radius 3 is 2.54 bits per heavy atom. The lowest BCUT2D eigenvalue weighted by atomic mass is 9.67. The van der Waals surface area contributed by atoms with Gasteiger partial charge in [0.25, 0.3) is 0 Å². The number of carbonyl (C=O) groups excluding carboxylic acids is 2. The van der Waals surface area contributed by atoms with Crippen molar-refractivity contribution in [2.75, 3.05) is 11.5 Å². The van der Waals surface area contributed by atoms with E-state index in [1.807, 2.05) is 43.3 Å². The molecule has 3 aromatic rings. The molecule has 7 nitrogen and oxygen atoms in total.